The molecule has 1 aromatic carbocycles. The number of anilines is 1. The van der Waals surface area contributed by atoms with Crippen molar-refractivity contribution in [3.8, 4) is 0 Å². The number of rotatable bonds is 4. The number of carbonyl (C=O) groups is 2. The van der Waals surface area contributed by atoms with E-state index in [9.17, 15) is 9.59 Å². The molecule has 0 spiro atoms. The van der Waals surface area contributed by atoms with Crippen LogP contribution in [0, 0.1) is 5.92 Å². The van der Waals surface area contributed by atoms with E-state index < -0.39 is 0 Å². The van der Waals surface area contributed by atoms with Gasteiger partial charge in [0.15, 0.2) is 0 Å². The molecule has 1 N–H and O–H groups in total. The summed E-state index contributed by atoms with van der Waals surface area (Å²) < 4.78 is 0.957. The molecule has 2 amide bonds. The van der Waals surface area contributed by atoms with Gasteiger partial charge in [0.05, 0.1) is 12.0 Å². The van der Waals surface area contributed by atoms with Gasteiger partial charge in [-0.1, -0.05) is 15.9 Å². The van der Waals surface area contributed by atoms with Gasteiger partial charge in [0.2, 0.25) is 11.8 Å². The van der Waals surface area contributed by atoms with Gasteiger partial charge in [-0.2, -0.15) is 0 Å². The fourth-order valence-electron chi connectivity index (χ4n) is 2.82. The number of nitrogens with one attached hydrogen (secondary N) is 1. The van der Waals surface area contributed by atoms with E-state index >= 15 is 0 Å². The monoisotopic (exact) mass is 387 g/mol. The maximum atomic E-state index is 12.5. The van der Waals surface area contributed by atoms with Crippen molar-refractivity contribution in [2.24, 2.45) is 5.92 Å². The van der Waals surface area contributed by atoms with Gasteiger partial charge in [0.25, 0.3) is 0 Å². The Hall–Kier alpha value is -2.21. The SMILES string of the molecule is CC(NC(=O)C1CC(=O)N(c2ccc(Br)cc2)C1)c1ccncc1. The molecule has 124 valence electrons. The van der Waals surface area contributed by atoms with Crippen LogP contribution in [0.5, 0.6) is 0 Å². The Morgan fingerprint density at radius 1 is 1.25 bits per heavy atom. The van der Waals surface area contributed by atoms with Crippen LogP contribution in [0.25, 0.3) is 0 Å². The first-order chi connectivity index (χ1) is 11.5. The van der Waals surface area contributed by atoms with Gasteiger partial charge < -0.3 is 10.2 Å². The van der Waals surface area contributed by atoms with Crippen LogP contribution in [0.2, 0.25) is 0 Å². The van der Waals surface area contributed by atoms with Crippen molar-refractivity contribution in [1.29, 1.82) is 0 Å². The molecule has 5 nitrogen and oxygen atoms in total. The van der Waals surface area contributed by atoms with Crippen molar-refractivity contribution in [3.63, 3.8) is 0 Å². The summed E-state index contributed by atoms with van der Waals surface area (Å²) in [6.07, 6.45) is 3.64. The zero-order valence-electron chi connectivity index (χ0n) is 13.3. The Morgan fingerprint density at radius 2 is 1.92 bits per heavy atom. The highest BCUT2D eigenvalue weighted by Crippen LogP contribution is 2.27. The van der Waals surface area contributed by atoms with Gasteiger partial charge in [0.1, 0.15) is 0 Å². The van der Waals surface area contributed by atoms with Crippen LogP contribution in [-0.2, 0) is 9.59 Å². The van der Waals surface area contributed by atoms with Crippen LogP contribution in [0.3, 0.4) is 0 Å². The third-order valence-electron chi connectivity index (χ3n) is 4.20. The lowest BCUT2D eigenvalue weighted by atomic mass is 10.1. The van der Waals surface area contributed by atoms with E-state index in [1.165, 1.54) is 0 Å². The average molecular weight is 388 g/mol. The molecule has 2 atom stereocenters. The summed E-state index contributed by atoms with van der Waals surface area (Å²) in [7, 11) is 0. The Bertz CT molecular complexity index is 734. The lowest BCUT2D eigenvalue weighted by molar-refractivity contribution is -0.126. The molecule has 0 aliphatic carbocycles. The number of nitrogens with zero attached hydrogens (tertiary/aromatic N) is 2. The number of aromatic nitrogens is 1. The van der Waals surface area contributed by atoms with Crippen molar-refractivity contribution in [2.45, 2.75) is 19.4 Å². The Morgan fingerprint density at radius 3 is 2.58 bits per heavy atom. The first-order valence-electron chi connectivity index (χ1n) is 7.81. The second-order valence-corrected chi connectivity index (χ2v) is 6.81. The molecule has 0 radical (unpaired) electrons. The van der Waals surface area contributed by atoms with E-state index in [4.69, 9.17) is 0 Å². The maximum absolute atomic E-state index is 12.5. The van der Waals surface area contributed by atoms with Crippen molar-refractivity contribution in [1.82, 2.24) is 10.3 Å². The molecule has 2 unspecified atom stereocenters. The Labute approximate surface area is 149 Å². The first kappa shape index (κ1) is 16.6. The number of hydrogen-bond acceptors (Lipinski definition) is 3. The molecule has 0 saturated carbocycles. The van der Waals surface area contributed by atoms with Crippen LogP contribution in [0.4, 0.5) is 5.69 Å². The predicted octanol–water partition coefficient (Wildman–Crippen LogP) is 3.07. The summed E-state index contributed by atoms with van der Waals surface area (Å²) >= 11 is 3.38. The minimum Gasteiger partial charge on any atom is -0.349 e. The standard InChI is InChI=1S/C18H18BrN3O2/c1-12(13-6-8-20-9-7-13)21-18(24)14-10-17(23)22(11-14)16-4-2-15(19)3-5-16/h2-9,12,14H,10-11H2,1H3,(H,21,24). The maximum Gasteiger partial charge on any atom is 0.227 e. The van der Waals surface area contributed by atoms with E-state index in [-0.39, 0.29) is 30.2 Å². The zero-order chi connectivity index (χ0) is 17.1. The topological polar surface area (TPSA) is 62.3 Å². The second kappa shape index (κ2) is 7.13. The molecule has 2 heterocycles. The summed E-state index contributed by atoms with van der Waals surface area (Å²) in [6, 6.07) is 11.2. The fourth-order valence-corrected chi connectivity index (χ4v) is 3.08. The molecule has 1 aromatic heterocycles. The quantitative estimate of drug-likeness (QED) is 0.876. The summed E-state index contributed by atoms with van der Waals surface area (Å²) in [6.45, 7) is 2.34. The minimum atomic E-state index is -0.328. The van der Waals surface area contributed by atoms with Gasteiger partial charge in [-0.25, -0.2) is 0 Å². The van der Waals surface area contributed by atoms with Crippen LogP contribution < -0.4 is 10.2 Å². The smallest absolute Gasteiger partial charge is 0.227 e. The predicted molar refractivity (Wildman–Crippen MR) is 95.4 cm³/mol. The third kappa shape index (κ3) is 3.64. The average Bonchev–Trinajstić information content (AvgIpc) is 2.98. The van der Waals surface area contributed by atoms with Crippen LogP contribution in [-0.4, -0.2) is 23.3 Å². The van der Waals surface area contributed by atoms with Crippen molar-refractivity contribution >= 4 is 33.4 Å². The van der Waals surface area contributed by atoms with Gasteiger partial charge in [0, 0.05) is 35.5 Å². The van der Waals surface area contributed by atoms with Crippen LogP contribution in [0.15, 0.2) is 53.3 Å². The highest BCUT2D eigenvalue weighted by Gasteiger charge is 2.35. The number of hydrogen-bond donors (Lipinski definition) is 1. The zero-order valence-corrected chi connectivity index (χ0v) is 14.9. The number of halogens is 1. The molecule has 1 aliphatic heterocycles. The van der Waals surface area contributed by atoms with Crippen molar-refractivity contribution in [3.05, 3.63) is 58.8 Å². The molecule has 0 bridgehead atoms. The summed E-state index contributed by atoms with van der Waals surface area (Å²) in [4.78, 5) is 30.4. The normalized spacial score (nSPS) is 18.5. The number of pyridine rings is 1. The largest absolute Gasteiger partial charge is 0.349 e. The van der Waals surface area contributed by atoms with Gasteiger partial charge in [-0.05, 0) is 48.9 Å². The lowest BCUT2D eigenvalue weighted by Crippen LogP contribution is -2.34. The number of amides is 2. The highest BCUT2D eigenvalue weighted by molar-refractivity contribution is 9.10. The number of benzene rings is 1. The highest BCUT2D eigenvalue weighted by atomic mass is 79.9. The van der Waals surface area contributed by atoms with Gasteiger partial charge >= 0.3 is 0 Å². The fraction of sp³-hybridized carbons (Fsp3) is 0.278. The summed E-state index contributed by atoms with van der Waals surface area (Å²) in [5.74, 6) is -0.438. The summed E-state index contributed by atoms with van der Waals surface area (Å²) in [5.41, 5.74) is 1.81. The van der Waals surface area contributed by atoms with E-state index in [0.717, 1.165) is 15.7 Å². The molecule has 24 heavy (non-hydrogen) atoms. The van der Waals surface area contributed by atoms with Crippen LogP contribution >= 0.6 is 15.9 Å². The van der Waals surface area contributed by atoms with Crippen LogP contribution in [0.1, 0.15) is 24.9 Å². The molecule has 6 heteroatoms. The second-order valence-electron chi connectivity index (χ2n) is 5.89. The molecular formula is C18H18BrN3O2. The molecule has 1 fully saturated rings. The van der Waals surface area contributed by atoms with Gasteiger partial charge in [-0.3, -0.25) is 14.6 Å². The Kier molecular flexibility index (Phi) is 4.94. The third-order valence-corrected chi connectivity index (χ3v) is 4.73. The van der Waals surface area contributed by atoms with E-state index in [2.05, 4.69) is 26.2 Å². The number of carbonyl (C=O) groups excluding carboxylic acids is 2. The summed E-state index contributed by atoms with van der Waals surface area (Å²) in [5, 5.41) is 2.99. The molecular weight excluding hydrogens is 370 g/mol. The minimum absolute atomic E-state index is 0.0194. The first-order valence-corrected chi connectivity index (χ1v) is 8.60. The van der Waals surface area contributed by atoms with E-state index in [1.54, 1.807) is 17.3 Å². The Balaban J connectivity index is 1.64. The lowest BCUT2D eigenvalue weighted by Gasteiger charge is -2.18. The van der Waals surface area contributed by atoms with Crippen molar-refractivity contribution in [2.75, 3.05) is 11.4 Å². The van der Waals surface area contributed by atoms with Gasteiger partial charge in [-0.15, -0.1) is 0 Å². The molecule has 1 aliphatic rings. The molecule has 3 rings (SSSR count). The van der Waals surface area contributed by atoms with Crippen molar-refractivity contribution < 1.29 is 9.59 Å². The van der Waals surface area contributed by atoms with E-state index in [1.807, 2.05) is 43.3 Å². The molecule has 1 saturated heterocycles. The van der Waals surface area contributed by atoms with E-state index in [0.29, 0.717) is 6.54 Å². The molecule has 2 aromatic rings.